The number of carbonyl (C=O) groups is 2. The van der Waals surface area contributed by atoms with E-state index in [4.69, 9.17) is 14.3 Å². The molecule has 0 fully saturated rings. The van der Waals surface area contributed by atoms with Gasteiger partial charge in [-0.2, -0.15) is 0 Å². The van der Waals surface area contributed by atoms with Gasteiger partial charge in [0.15, 0.2) is 6.10 Å². The van der Waals surface area contributed by atoms with Crippen molar-refractivity contribution in [3.63, 3.8) is 0 Å². The van der Waals surface area contributed by atoms with Gasteiger partial charge in [0.25, 0.3) is 5.91 Å². The fourth-order valence-corrected chi connectivity index (χ4v) is 2.55. The second kappa shape index (κ2) is 9.03. The number of carboxylic acid groups (broad SMARTS) is 1. The van der Waals surface area contributed by atoms with Crippen LogP contribution >= 0.6 is 0 Å². The van der Waals surface area contributed by atoms with Crippen LogP contribution in [0.2, 0.25) is 0 Å². The Hall–Kier alpha value is -2.83. The number of amides is 1. The van der Waals surface area contributed by atoms with Crippen LogP contribution in [0.5, 0.6) is 5.75 Å². The number of carboxylic acids is 1. The number of hydrogen-bond donors (Lipinski definition) is 2. The molecule has 0 saturated heterocycles. The van der Waals surface area contributed by atoms with Gasteiger partial charge in [-0.15, -0.1) is 0 Å². The summed E-state index contributed by atoms with van der Waals surface area (Å²) in [5.74, 6) is -0.999. The van der Waals surface area contributed by atoms with Gasteiger partial charge in [0, 0.05) is 24.1 Å². The Labute approximate surface area is 151 Å². The van der Waals surface area contributed by atoms with E-state index >= 15 is 0 Å². The maximum atomic E-state index is 11.9. The van der Waals surface area contributed by atoms with Crippen molar-refractivity contribution in [3.8, 4) is 5.75 Å². The number of carbonyl (C=O) groups excluding carboxylic acids is 1. The molecule has 0 aliphatic rings. The maximum Gasteiger partial charge on any atom is 0.336 e. The highest BCUT2D eigenvalue weighted by Crippen LogP contribution is 2.24. The fraction of sp³-hybridized carbons (Fsp3) is 0.421. The lowest BCUT2D eigenvalue weighted by Gasteiger charge is -2.15. The first kappa shape index (κ1) is 19.5. The van der Waals surface area contributed by atoms with Gasteiger partial charge in [0.05, 0.1) is 6.42 Å². The van der Waals surface area contributed by atoms with E-state index in [1.807, 2.05) is 6.07 Å². The Kier molecular flexibility index (Phi) is 6.77. The molecule has 26 heavy (non-hydrogen) atoms. The van der Waals surface area contributed by atoms with E-state index in [9.17, 15) is 14.4 Å². The van der Waals surface area contributed by atoms with E-state index in [-0.39, 0.29) is 13.0 Å². The SMILES string of the molecule is CCCCc1cc(=O)oc2cc(OC(C)C(=O)NCCC(=O)O)ccc12. The van der Waals surface area contributed by atoms with Gasteiger partial charge in [-0.05, 0) is 37.5 Å². The molecule has 2 N–H and O–H groups in total. The molecule has 0 radical (unpaired) electrons. The van der Waals surface area contributed by atoms with Crippen LogP contribution in [0.1, 0.15) is 38.7 Å². The van der Waals surface area contributed by atoms with Crippen LogP contribution in [0.4, 0.5) is 0 Å². The molecule has 1 unspecified atom stereocenters. The molecule has 7 nitrogen and oxygen atoms in total. The first-order valence-electron chi connectivity index (χ1n) is 8.63. The number of benzene rings is 1. The van der Waals surface area contributed by atoms with Crippen molar-refractivity contribution in [2.24, 2.45) is 0 Å². The van der Waals surface area contributed by atoms with Crippen LogP contribution in [0.3, 0.4) is 0 Å². The highest BCUT2D eigenvalue weighted by atomic mass is 16.5. The highest BCUT2D eigenvalue weighted by Gasteiger charge is 2.15. The van der Waals surface area contributed by atoms with E-state index in [0.717, 1.165) is 30.2 Å². The number of nitrogens with one attached hydrogen (secondary N) is 1. The molecular weight excluding hydrogens is 338 g/mol. The summed E-state index contributed by atoms with van der Waals surface area (Å²) >= 11 is 0. The molecule has 1 aromatic carbocycles. The first-order valence-corrected chi connectivity index (χ1v) is 8.63. The number of unbranched alkanes of at least 4 members (excludes halogenated alkanes) is 1. The van der Waals surface area contributed by atoms with Crippen LogP contribution in [0.15, 0.2) is 33.5 Å². The Morgan fingerprint density at radius 2 is 2.08 bits per heavy atom. The standard InChI is InChI=1S/C19H23NO6/c1-3-4-5-13-10-18(23)26-16-11-14(6-7-15(13)16)25-12(2)19(24)20-9-8-17(21)22/h6-7,10-12H,3-5,8-9H2,1-2H3,(H,20,24)(H,21,22). The zero-order valence-electron chi connectivity index (χ0n) is 14.9. The van der Waals surface area contributed by atoms with Crippen LogP contribution < -0.4 is 15.7 Å². The lowest BCUT2D eigenvalue weighted by atomic mass is 10.0. The largest absolute Gasteiger partial charge is 0.481 e. The molecule has 0 bridgehead atoms. The Morgan fingerprint density at radius 3 is 2.77 bits per heavy atom. The summed E-state index contributed by atoms with van der Waals surface area (Å²) < 4.78 is 10.8. The van der Waals surface area contributed by atoms with Gasteiger partial charge in [-0.3, -0.25) is 9.59 Å². The minimum absolute atomic E-state index is 0.0370. The van der Waals surface area contributed by atoms with Gasteiger partial charge >= 0.3 is 11.6 Å². The fourth-order valence-electron chi connectivity index (χ4n) is 2.55. The molecule has 1 heterocycles. The lowest BCUT2D eigenvalue weighted by molar-refractivity contribution is -0.137. The van der Waals surface area contributed by atoms with Crippen molar-refractivity contribution in [1.82, 2.24) is 5.32 Å². The highest BCUT2D eigenvalue weighted by molar-refractivity contribution is 5.83. The zero-order chi connectivity index (χ0) is 19.1. The normalized spacial score (nSPS) is 11.9. The minimum atomic E-state index is -0.984. The van der Waals surface area contributed by atoms with Crippen molar-refractivity contribution in [2.75, 3.05) is 6.54 Å². The summed E-state index contributed by atoms with van der Waals surface area (Å²) in [7, 11) is 0. The summed E-state index contributed by atoms with van der Waals surface area (Å²) in [6, 6.07) is 6.64. The van der Waals surface area contributed by atoms with Crippen LogP contribution in [0, 0.1) is 0 Å². The molecule has 0 aliphatic carbocycles. The topological polar surface area (TPSA) is 106 Å². The average molecular weight is 361 g/mol. The number of hydrogen-bond acceptors (Lipinski definition) is 5. The van der Waals surface area contributed by atoms with Crippen LogP contribution in [-0.4, -0.2) is 29.6 Å². The maximum absolute atomic E-state index is 11.9. The van der Waals surface area contributed by atoms with Crippen molar-refractivity contribution in [2.45, 2.75) is 45.6 Å². The number of rotatable bonds is 9. The van der Waals surface area contributed by atoms with Crippen LogP contribution in [-0.2, 0) is 16.0 Å². The molecule has 1 aromatic heterocycles. The van der Waals surface area contributed by atoms with E-state index in [0.29, 0.717) is 11.3 Å². The van der Waals surface area contributed by atoms with Crippen LogP contribution in [0.25, 0.3) is 11.0 Å². The third-order valence-electron chi connectivity index (χ3n) is 3.92. The molecule has 0 aliphatic heterocycles. The molecule has 0 saturated carbocycles. The summed E-state index contributed by atoms with van der Waals surface area (Å²) in [5.41, 5.74) is 0.934. The summed E-state index contributed by atoms with van der Waals surface area (Å²) in [5, 5.41) is 11.9. The Bertz CT molecular complexity index is 842. The van der Waals surface area contributed by atoms with Crippen molar-refractivity contribution < 1.29 is 23.8 Å². The monoisotopic (exact) mass is 361 g/mol. The second-order valence-corrected chi connectivity index (χ2v) is 6.05. The van der Waals surface area contributed by atoms with Crippen molar-refractivity contribution in [1.29, 1.82) is 0 Å². The third-order valence-corrected chi connectivity index (χ3v) is 3.92. The predicted octanol–water partition coefficient (Wildman–Crippen LogP) is 2.49. The zero-order valence-corrected chi connectivity index (χ0v) is 14.9. The quantitative estimate of drug-likeness (QED) is 0.665. The number of ether oxygens (including phenoxy) is 1. The van der Waals surface area contributed by atoms with Gasteiger partial charge in [-0.1, -0.05) is 13.3 Å². The summed E-state index contributed by atoms with van der Waals surface area (Å²) in [6.07, 6.45) is 1.83. The van der Waals surface area contributed by atoms with Gasteiger partial charge < -0.3 is 19.6 Å². The first-order chi connectivity index (χ1) is 12.4. The van der Waals surface area contributed by atoms with Crippen molar-refractivity contribution in [3.05, 3.63) is 40.2 Å². The van der Waals surface area contributed by atoms with Gasteiger partial charge in [0.2, 0.25) is 0 Å². The number of aryl methyl sites for hydroxylation is 1. The molecule has 2 rings (SSSR count). The van der Waals surface area contributed by atoms with Gasteiger partial charge in [-0.25, -0.2) is 4.79 Å². The van der Waals surface area contributed by atoms with Crippen molar-refractivity contribution >= 4 is 22.8 Å². The molecule has 1 amide bonds. The van der Waals surface area contributed by atoms with E-state index in [2.05, 4.69) is 12.2 Å². The Morgan fingerprint density at radius 1 is 1.31 bits per heavy atom. The molecule has 0 spiro atoms. The third kappa shape index (κ3) is 5.34. The van der Waals surface area contributed by atoms with E-state index in [1.165, 1.54) is 6.07 Å². The summed E-state index contributed by atoms with van der Waals surface area (Å²) in [4.78, 5) is 34.1. The molecular formula is C19H23NO6. The van der Waals surface area contributed by atoms with Gasteiger partial charge in [0.1, 0.15) is 11.3 Å². The second-order valence-electron chi connectivity index (χ2n) is 6.05. The molecule has 7 heteroatoms. The average Bonchev–Trinajstić information content (AvgIpc) is 2.58. The summed E-state index contributed by atoms with van der Waals surface area (Å²) in [6.45, 7) is 3.69. The molecule has 1 atom stereocenters. The molecule has 140 valence electrons. The Balaban J connectivity index is 2.11. The molecule has 2 aromatic rings. The predicted molar refractivity (Wildman–Crippen MR) is 96.4 cm³/mol. The number of fused-ring (bicyclic) bond motifs is 1. The number of aliphatic carboxylic acids is 1. The minimum Gasteiger partial charge on any atom is -0.481 e. The van der Waals surface area contributed by atoms with E-state index in [1.54, 1.807) is 19.1 Å². The smallest absolute Gasteiger partial charge is 0.336 e. The lowest BCUT2D eigenvalue weighted by Crippen LogP contribution is -2.37. The van der Waals surface area contributed by atoms with E-state index < -0.39 is 23.6 Å².